The number of hydrogen-bond acceptors (Lipinski definition) is 3. The third kappa shape index (κ3) is 4.34. The molecule has 2 heterocycles. The largest absolute Gasteiger partial charge is 0.307 e. The molecular weight excluding hydrogens is 379 g/mol. The Morgan fingerprint density at radius 2 is 1.81 bits per heavy atom. The SMILES string of the molecule is Clc1ccc(C=Nc2nc3ccccc3n2CCN2CCCCC2)c(Cl)c1. The van der Waals surface area contributed by atoms with Crippen LogP contribution in [0.15, 0.2) is 47.5 Å². The number of benzene rings is 2. The number of aromatic nitrogens is 2. The minimum Gasteiger partial charge on any atom is -0.307 e. The predicted octanol–water partition coefficient (Wildman–Crippen LogP) is 5.58. The average molecular weight is 401 g/mol. The van der Waals surface area contributed by atoms with E-state index in [1.165, 1.54) is 32.4 Å². The highest BCUT2D eigenvalue weighted by Gasteiger charge is 2.13. The number of hydrogen-bond donors (Lipinski definition) is 0. The topological polar surface area (TPSA) is 33.4 Å². The second-order valence-corrected chi connectivity index (χ2v) is 7.72. The number of para-hydroxylation sites is 2. The van der Waals surface area contributed by atoms with Crippen LogP contribution in [-0.4, -0.2) is 40.3 Å². The van der Waals surface area contributed by atoms with Gasteiger partial charge in [-0.3, -0.25) is 0 Å². The van der Waals surface area contributed by atoms with E-state index in [1.54, 1.807) is 12.3 Å². The zero-order valence-corrected chi connectivity index (χ0v) is 16.6. The third-order valence-electron chi connectivity index (χ3n) is 5.00. The lowest BCUT2D eigenvalue weighted by Gasteiger charge is -2.26. The third-order valence-corrected chi connectivity index (χ3v) is 5.57. The van der Waals surface area contributed by atoms with Gasteiger partial charge in [-0.1, -0.05) is 47.8 Å². The summed E-state index contributed by atoms with van der Waals surface area (Å²) in [5, 5.41) is 1.20. The summed E-state index contributed by atoms with van der Waals surface area (Å²) in [5.74, 6) is 0.708. The van der Waals surface area contributed by atoms with E-state index in [4.69, 9.17) is 28.2 Å². The number of aliphatic imine (C=N–C) groups is 1. The molecule has 3 aromatic rings. The standard InChI is InChI=1S/C21H22Cl2N4/c22-17-9-8-16(18(23)14-17)15-24-21-25-19-6-2-3-7-20(19)27(21)13-12-26-10-4-1-5-11-26/h2-3,6-9,14-15H,1,4-5,10-13H2. The van der Waals surface area contributed by atoms with Gasteiger partial charge in [0.25, 0.3) is 0 Å². The molecule has 0 radical (unpaired) electrons. The van der Waals surface area contributed by atoms with Crippen LogP contribution in [0, 0.1) is 0 Å². The molecule has 0 aliphatic carbocycles. The number of nitrogens with zero attached hydrogens (tertiary/aromatic N) is 4. The van der Waals surface area contributed by atoms with Crippen molar-refractivity contribution in [1.29, 1.82) is 0 Å². The maximum Gasteiger partial charge on any atom is 0.230 e. The summed E-state index contributed by atoms with van der Waals surface area (Å²) < 4.78 is 2.20. The average Bonchev–Trinajstić information content (AvgIpc) is 3.04. The van der Waals surface area contributed by atoms with Crippen molar-refractivity contribution >= 4 is 46.4 Å². The molecule has 0 saturated carbocycles. The van der Waals surface area contributed by atoms with Gasteiger partial charge in [0.15, 0.2) is 0 Å². The Morgan fingerprint density at radius 3 is 2.63 bits per heavy atom. The molecule has 0 spiro atoms. The predicted molar refractivity (Wildman–Crippen MR) is 114 cm³/mol. The fourth-order valence-corrected chi connectivity index (χ4v) is 4.00. The van der Waals surface area contributed by atoms with Gasteiger partial charge in [-0.15, -0.1) is 0 Å². The maximum atomic E-state index is 6.27. The quantitative estimate of drug-likeness (QED) is 0.523. The van der Waals surface area contributed by atoms with Crippen LogP contribution in [0.25, 0.3) is 11.0 Å². The van der Waals surface area contributed by atoms with Gasteiger partial charge in [-0.05, 0) is 50.2 Å². The van der Waals surface area contributed by atoms with Gasteiger partial charge >= 0.3 is 0 Å². The molecule has 0 unspecified atom stereocenters. The minimum atomic E-state index is 0.585. The summed E-state index contributed by atoms with van der Waals surface area (Å²) in [6, 6.07) is 13.6. The zero-order chi connectivity index (χ0) is 18.6. The molecule has 0 N–H and O–H groups in total. The molecule has 1 saturated heterocycles. The van der Waals surface area contributed by atoms with Gasteiger partial charge < -0.3 is 9.47 Å². The second-order valence-electron chi connectivity index (χ2n) is 6.88. The van der Waals surface area contributed by atoms with E-state index < -0.39 is 0 Å². The highest BCUT2D eigenvalue weighted by molar-refractivity contribution is 6.36. The number of imidazole rings is 1. The molecule has 1 aliphatic rings. The number of rotatable bonds is 5. The Kier molecular flexibility index (Phi) is 5.77. The van der Waals surface area contributed by atoms with Crippen LogP contribution in [0.2, 0.25) is 10.0 Å². The van der Waals surface area contributed by atoms with Crippen LogP contribution >= 0.6 is 23.2 Å². The Morgan fingerprint density at radius 1 is 1.00 bits per heavy atom. The lowest BCUT2D eigenvalue weighted by atomic mass is 10.1. The molecule has 0 bridgehead atoms. The molecule has 4 nitrogen and oxygen atoms in total. The molecule has 1 aromatic heterocycles. The van der Waals surface area contributed by atoms with Crippen molar-refractivity contribution in [3.8, 4) is 0 Å². The maximum absolute atomic E-state index is 6.27. The molecule has 2 aromatic carbocycles. The first kappa shape index (κ1) is 18.5. The molecular formula is C21H22Cl2N4. The normalized spacial score (nSPS) is 15.8. The van der Waals surface area contributed by atoms with Crippen molar-refractivity contribution in [2.24, 2.45) is 4.99 Å². The molecule has 27 heavy (non-hydrogen) atoms. The molecule has 0 atom stereocenters. The Labute approximate surface area is 169 Å². The summed E-state index contributed by atoms with van der Waals surface area (Å²) in [7, 11) is 0. The van der Waals surface area contributed by atoms with Gasteiger partial charge in [0.1, 0.15) is 0 Å². The van der Waals surface area contributed by atoms with Crippen molar-refractivity contribution in [3.05, 3.63) is 58.1 Å². The van der Waals surface area contributed by atoms with Crippen LogP contribution in [0.3, 0.4) is 0 Å². The summed E-state index contributed by atoms with van der Waals surface area (Å²) in [6.45, 7) is 4.27. The summed E-state index contributed by atoms with van der Waals surface area (Å²) in [6.07, 6.45) is 5.70. The van der Waals surface area contributed by atoms with E-state index in [0.717, 1.165) is 29.7 Å². The van der Waals surface area contributed by atoms with Crippen molar-refractivity contribution in [3.63, 3.8) is 0 Å². The molecule has 140 valence electrons. The van der Waals surface area contributed by atoms with Crippen LogP contribution in [0.4, 0.5) is 5.95 Å². The lowest BCUT2D eigenvalue weighted by molar-refractivity contribution is 0.222. The monoisotopic (exact) mass is 400 g/mol. The summed E-state index contributed by atoms with van der Waals surface area (Å²) >= 11 is 12.2. The van der Waals surface area contributed by atoms with Crippen molar-refractivity contribution in [1.82, 2.24) is 14.5 Å². The first-order valence-corrected chi connectivity index (χ1v) is 10.1. The van der Waals surface area contributed by atoms with E-state index in [2.05, 4.69) is 20.5 Å². The van der Waals surface area contributed by atoms with E-state index in [-0.39, 0.29) is 0 Å². The highest BCUT2D eigenvalue weighted by Crippen LogP contribution is 2.24. The fourth-order valence-electron chi connectivity index (χ4n) is 3.54. The lowest BCUT2D eigenvalue weighted by Crippen LogP contribution is -2.32. The first-order chi connectivity index (χ1) is 13.2. The molecule has 0 amide bonds. The Hall–Kier alpha value is -1.88. The first-order valence-electron chi connectivity index (χ1n) is 9.37. The minimum absolute atomic E-state index is 0.585. The van der Waals surface area contributed by atoms with Gasteiger partial charge in [0, 0.05) is 29.9 Å². The van der Waals surface area contributed by atoms with Crippen LogP contribution in [0.5, 0.6) is 0 Å². The highest BCUT2D eigenvalue weighted by atomic mass is 35.5. The Balaban J connectivity index is 1.61. The van der Waals surface area contributed by atoms with E-state index in [9.17, 15) is 0 Å². The Bertz CT molecular complexity index is 958. The van der Waals surface area contributed by atoms with E-state index in [0.29, 0.717) is 16.0 Å². The molecule has 1 fully saturated rings. The number of fused-ring (bicyclic) bond motifs is 1. The number of piperidine rings is 1. The molecule has 1 aliphatic heterocycles. The van der Waals surface area contributed by atoms with Crippen molar-refractivity contribution in [2.45, 2.75) is 25.8 Å². The van der Waals surface area contributed by atoms with Gasteiger partial charge in [-0.25, -0.2) is 9.98 Å². The molecule has 4 rings (SSSR count). The zero-order valence-electron chi connectivity index (χ0n) is 15.1. The van der Waals surface area contributed by atoms with Crippen LogP contribution in [-0.2, 0) is 6.54 Å². The summed E-state index contributed by atoms with van der Waals surface area (Å²) in [4.78, 5) is 11.9. The second kappa shape index (κ2) is 8.42. The van der Waals surface area contributed by atoms with E-state index >= 15 is 0 Å². The number of likely N-dealkylation sites (tertiary alicyclic amines) is 1. The van der Waals surface area contributed by atoms with E-state index in [1.807, 2.05) is 30.3 Å². The fraction of sp³-hybridized carbons (Fsp3) is 0.333. The van der Waals surface area contributed by atoms with Gasteiger partial charge in [0.2, 0.25) is 5.95 Å². The van der Waals surface area contributed by atoms with Gasteiger partial charge in [-0.2, -0.15) is 0 Å². The van der Waals surface area contributed by atoms with Crippen molar-refractivity contribution in [2.75, 3.05) is 19.6 Å². The summed E-state index contributed by atoms with van der Waals surface area (Å²) in [5.41, 5.74) is 2.91. The smallest absolute Gasteiger partial charge is 0.230 e. The van der Waals surface area contributed by atoms with Gasteiger partial charge in [0.05, 0.1) is 16.1 Å². The van der Waals surface area contributed by atoms with Crippen molar-refractivity contribution < 1.29 is 0 Å². The molecule has 6 heteroatoms. The van der Waals surface area contributed by atoms with Crippen LogP contribution < -0.4 is 0 Å². The number of halogens is 2. The van der Waals surface area contributed by atoms with Crippen LogP contribution in [0.1, 0.15) is 24.8 Å².